The number of nitro groups is 1. The fraction of sp³-hybridized carbons (Fsp3) is 0.455. The zero-order valence-corrected chi connectivity index (χ0v) is 10.9. The van der Waals surface area contributed by atoms with E-state index in [9.17, 15) is 14.9 Å². The van der Waals surface area contributed by atoms with Gasteiger partial charge in [0.1, 0.15) is 6.04 Å². The standard InChI is InChI=1S/C11H15N3O5/c1-4-7(11(15)16)13(2)10-8(14(17)18)5-6-9(12-10)19-3/h5-7H,4H2,1-3H3,(H,15,16). The van der Waals surface area contributed by atoms with Crippen molar-refractivity contribution in [1.82, 2.24) is 4.98 Å². The van der Waals surface area contributed by atoms with Gasteiger partial charge in [-0.25, -0.2) is 4.79 Å². The van der Waals surface area contributed by atoms with Crippen molar-refractivity contribution >= 4 is 17.5 Å². The van der Waals surface area contributed by atoms with E-state index in [1.54, 1.807) is 6.92 Å². The number of methoxy groups -OCH3 is 1. The van der Waals surface area contributed by atoms with Crippen LogP contribution in [0.5, 0.6) is 5.88 Å². The number of anilines is 1. The number of hydrogen-bond donors (Lipinski definition) is 1. The van der Waals surface area contributed by atoms with Crippen LogP contribution in [-0.2, 0) is 4.79 Å². The van der Waals surface area contributed by atoms with E-state index in [1.807, 2.05) is 0 Å². The van der Waals surface area contributed by atoms with E-state index in [2.05, 4.69) is 4.98 Å². The molecule has 8 nitrogen and oxygen atoms in total. The zero-order chi connectivity index (χ0) is 14.6. The summed E-state index contributed by atoms with van der Waals surface area (Å²) in [7, 11) is 2.84. The van der Waals surface area contributed by atoms with Gasteiger partial charge in [0.15, 0.2) is 0 Å². The Morgan fingerprint density at radius 1 is 1.63 bits per heavy atom. The first-order chi connectivity index (χ1) is 8.92. The maximum absolute atomic E-state index is 11.1. The molecule has 0 spiro atoms. The molecule has 104 valence electrons. The number of nitrogens with zero attached hydrogens (tertiary/aromatic N) is 3. The largest absolute Gasteiger partial charge is 0.481 e. The van der Waals surface area contributed by atoms with E-state index in [-0.39, 0.29) is 17.4 Å². The summed E-state index contributed by atoms with van der Waals surface area (Å²) in [6.07, 6.45) is 0.294. The molecule has 0 aliphatic heterocycles. The van der Waals surface area contributed by atoms with Crippen LogP contribution in [0.1, 0.15) is 13.3 Å². The van der Waals surface area contributed by atoms with Crippen LogP contribution in [0, 0.1) is 10.1 Å². The number of aliphatic carboxylic acids is 1. The molecular formula is C11H15N3O5. The molecular weight excluding hydrogens is 254 g/mol. The number of carboxylic acids is 1. The van der Waals surface area contributed by atoms with Crippen molar-refractivity contribution in [2.24, 2.45) is 0 Å². The third-order valence-electron chi connectivity index (χ3n) is 2.71. The second kappa shape index (κ2) is 5.98. The Labute approximate surface area is 109 Å². The lowest BCUT2D eigenvalue weighted by molar-refractivity contribution is -0.384. The first-order valence-electron chi connectivity index (χ1n) is 5.57. The van der Waals surface area contributed by atoms with E-state index < -0.39 is 16.9 Å². The Bertz CT molecular complexity index is 491. The number of ether oxygens (including phenoxy) is 1. The molecule has 0 radical (unpaired) electrons. The summed E-state index contributed by atoms with van der Waals surface area (Å²) in [4.78, 5) is 26.7. The van der Waals surface area contributed by atoms with Gasteiger partial charge in [0.2, 0.25) is 11.7 Å². The Hall–Kier alpha value is -2.38. The van der Waals surface area contributed by atoms with Gasteiger partial charge < -0.3 is 14.7 Å². The van der Waals surface area contributed by atoms with E-state index in [0.717, 1.165) is 0 Å². The van der Waals surface area contributed by atoms with Crippen molar-refractivity contribution in [3.05, 3.63) is 22.2 Å². The van der Waals surface area contributed by atoms with E-state index in [4.69, 9.17) is 9.84 Å². The first kappa shape index (κ1) is 14.7. The predicted octanol–water partition coefficient (Wildman–Crippen LogP) is 1.30. The highest BCUT2D eigenvalue weighted by Gasteiger charge is 2.28. The number of rotatable bonds is 6. The summed E-state index contributed by atoms with van der Waals surface area (Å²) in [6, 6.07) is 1.71. The van der Waals surface area contributed by atoms with E-state index in [0.29, 0.717) is 6.42 Å². The summed E-state index contributed by atoms with van der Waals surface area (Å²) < 4.78 is 4.91. The van der Waals surface area contributed by atoms with Gasteiger partial charge >= 0.3 is 11.7 Å². The SMILES string of the molecule is CCC(C(=O)O)N(C)c1nc(OC)ccc1[N+](=O)[O-]. The van der Waals surface area contributed by atoms with Crippen molar-refractivity contribution in [2.45, 2.75) is 19.4 Å². The van der Waals surface area contributed by atoms with Crippen LogP contribution in [0.4, 0.5) is 11.5 Å². The lowest BCUT2D eigenvalue weighted by atomic mass is 10.2. The minimum Gasteiger partial charge on any atom is -0.481 e. The molecule has 0 aromatic carbocycles. The molecule has 1 heterocycles. The molecule has 0 saturated heterocycles. The Morgan fingerprint density at radius 2 is 2.26 bits per heavy atom. The van der Waals surface area contributed by atoms with Crippen LogP contribution in [0.3, 0.4) is 0 Å². The van der Waals surface area contributed by atoms with Gasteiger partial charge in [-0.2, -0.15) is 4.98 Å². The molecule has 0 aliphatic carbocycles. The topological polar surface area (TPSA) is 106 Å². The predicted molar refractivity (Wildman–Crippen MR) is 67.6 cm³/mol. The van der Waals surface area contributed by atoms with Crippen molar-refractivity contribution < 1.29 is 19.6 Å². The summed E-state index contributed by atoms with van der Waals surface area (Å²) in [5.41, 5.74) is -0.261. The summed E-state index contributed by atoms with van der Waals surface area (Å²) >= 11 is 0. The van der Waals surface area contributed by atoms with Gasteiger partial charge in [-0.15, -0.1) is 0 Å². The third-order valence-corrected chi connectivity index (χ3v) is 2.71. The summed E-state index contributed by atoms with van der Waals surface area (Å²) in [5, 5.41) is 20.0. The number of carbonyl (C=O) groups is 1. The molecule has 1 atom stereocenters. The smallest absolute Gasteiger partial charge is 0.326 e. The summed E-state index contributed by atoms with van der Waals surface area (Å²) in [6.45, 7) is 1.68. The molecule has 0 aliphatic rings. The number of aromatic nitrogens is 1. The minimum atomic E-state index is -1.07. The first-order valence-corrected chi connectivity index (χ1v) is 5.57. The molecule has 19 heavy (non-hydrogen) atoms. The van der Waals surface area contributed by atoms with Crippen LogP contribution < -0.4 is 9.64 Å². The van der Waals surface area contributed by atoms with Gasteiger partial charge in [-0.1, -0.05) is 6.92 Å². The maximum Gasteiger partial charge on any atom is 0.326 e. The minimum absolute atomic E-state index is 0.0291. The number of carboxylic acid groups (broad SMARTS) is 1. The molecule has 0 bridgehead atoms. The van der Waals surface area contributed by atoms with Crippen LogP contribution in [0.15, 0.2) is 12.1 Å². The van der Waals surface area contributed by atoms with Crippen molar-refractivity contribution in [2.75, 3.05) is 19.1 Å². The van der Waals surface area contributed by atoms with Gasteiger partial charge in [0, 0.05) is 19.2 Å². The average Bonchev–Trinajstić information content (AvgIpc) is 2.38. The monoisotopic (exact) mass is 269 g/mol. The molecule has 8 heteroatoms. The quantitative estimate of drug-likeness (QED) is 0.612. The van der Waals surface area contributed by atoms with Gasteiger partial charge in [0.05, 0.1) is 12.0 Å². The van der Waals surface area contributed by atoms with Gasteiger partial charge in [-0.3, -0.25) is 10.1 Å². The summed E-state index contributed by atoms with van der Waals surface area (Å²) in [5.74, 6) is -0.907. The van der Waals surface area contributed by atoms with E-state index in [1.165, 1.54) is 31.2 Å². The van der Waals surface area contributed by atoms with Gasteiger partial charge in [0.25, 0.3) is 0 Å². The van der Waals surface area contributed by atoms with Crippen LogP contribution in [0.25, 0.3) is 0 Å². The highest BCUT2D eigenvalue weighted by molar-refractivity contribution is 5.78. The zero-order valence-electron chi connectivity index (χ0n) is 10.9. The molecule has 0 fully saturated rings. The molecule has 1 aromatic heterocycles. The number of likely N-dealkylation sites (N-methyl/N-ethyl adjacent to an activating group) is 1. The van der Waals surface area contributed by atoms with Crippen molar-refractivity contribution in [1.29, 1.82) is 0 Å². The highest BCUT2D eigenvalue weighted by Crippen LogP contribution is 2.29. The fourth-order valence-corrected chi connectivity index (χ4v) is 1.70. The Kier molecular flexibility index (Phi) is 4.62. The van der Waals surface area contributed by atoms with Gasteiger partial charge in [-0.05, 0) is 6.42 Å². The normalized spacial score (nSPS) is 11.7. The molecule has 0 amide bonds. The van der Waals surface area contributed by atoms with Crippen molar-refractivity contribution in [3.63, 3.8) is 0 Å². The number of hydrogen-bond acceptors (Lipinski definition) is 6. The van der Waals surface area contributed by atoms with Crippen LogP contribution in [0.2, 0.25) is 0 Å². The molecule has 1 rings (SSSR count). The van der Waals surface area contributed by atoms with Crippen LogP contribution in [-0.4, -0.2) is 41.2 Å². The Balaban J connectivity index is 3.29. The molecule has 0 saturated carbocycles. The van der Waals surface area contributed by atoms with Crippen molar-refractivity contribution in [3.8, 4) is 5.88 Å². The van der Waals surface area contributed by atoms with Crippen LogP contribution >= 0.6 is 0 Å². The lowest BCUT2D eigenvalue weighted by Crippen LogP contribution is -2.38. The molecule has 1 unspecified atom stereocenters. The molecule has 1 aromatic rings. The van der Waals surface area contributed by atoms with E-state index >= 15 is 0 Å². The average molecular weight is 269 g/mol. The lowest BCUT2D eigenvalue weighted by Gasteiger charge is -2.24. The maximum atomic E-state index is 11.1. The second-order valence-corrected chi connectivity index (χ2v) is 3.83. The number of pyridine rings is 1. The molecule has 1 N–H and O–H groups in total. The fourth-order valence-electron chi connectivity index (χ4n) is 1.70. The second-order valence-electron chi connectivity index (χ2n) is 3.83. The Morgan fingerprint density at radius 3 is 2.68 bits per heavy atom. The highest BCUT2D eigenvalue weighted by atomic mass is 16.6. The third kappa shape index (κ3) is 3.09.